The van der Waals surface area contributed by atoms with E-state index >= 15 is 0 Å². The molecule has 7 heteroatoms. The number of aryl methyl sites for hydroxylation is 1. The number of hydrogen-bond donors (Lipinski definition) is 0. The lowest BCUT2D eigenvalue weighted by atomic mass is 9.96. The first-order valence-corrected chi connectivity index (χ1v) is 13.2. The fourth-order valence-corrected chi connectivity index (χ4v) is 5.90. The van der Waals surface area contributed by atoms with Gasteiger partial charge >= 0.3 is 0 Å². The number of hydrogen-bond acceptors (Lipinski definition) is 4. The number of amides is 1. The molecule has 0 radical (unpaired) electrons. The maximum absolute atomic E-state index is 13.1. The molecule has 2 aromatic carbocycles. The number of benzene rings is 2. The van der Waals surface area contributed by atoms with Gasteiger partial charge in [0.15, 0.2) is 0 Å². The zero-order chi connectivity index (χ0) is 23.4. The summed E-state index contributed by atoms with van der Waals surface area (Å²) < 4.78 is 26.9. The van der Waals surface area contributed by atoms with Crippen molar-refractivity contribution in [3.05, 3.63) is 70.6 Å². The normalized spacial score (nSPS) is 18.7. The van der Waals surface area contributed by atoms with E-state index < -0.39 is 10.0 Å². The summed E-state index contributed by atoms with van der Waals surface area (Å²) in [5.74, 6) is 0.0781. The van der Waals surface area contributed by atoms with Gasteiger partial charge in [0.25, 0.3) is 0 Å². The Hall–Kier alpha value is -2.64. The third-order valence-electron chi connectivity index (χ3n) is 6.90. The Morgan fingerprint density at radius 3 is 2.21 bits per heavy atom. The molecule has 2 fully saturated rings. The molecule has 0 aromatic heterocycles. The Balaban J connectivity index is 1.29. The van der Waals surface area contributed by atoms with Crippen LogP contribution in [0.2, 0.25) is 0 Å². The average molecular weight is 468 g/mol. The summed E-state index contributed by atoms with van der Waals surface area (Å²) in [5.41, 5.74) is 4.69. The number of carbonyl (C=O) groups is 1. The minimum absolute atomic E-state index is 0.0955. The molecule has 4 rings (SSSR count). The van der Waals surface area contributed by atoms with Crippen LogP contribution in [0.15, 0.2) is 53.9 Å². The largest absolute Gasteiger partial charge is 0.368 e. The smallest absolute Gasteiger partial charge is 0.236 e. The summed E-state index contributed by atoms with van der Waals surface area (Å²) >= 11 is 0. The van der Waals surface area contributed by atoms with E-state index in [4.69, 9.17) is 0 Å². The maximum Gasteiger partial charge on any atom is 0.236 e. The molecule has 0 spiro atoms. The van der Waals surface area contributed by atoms with Crippen LogP contribution in [0.3, 0.4) is 0 Å². The zero-order valence-electron chi connectivity index (χ0n) is 19.5. The standard InChI is InChI=1S/C26H33N3O3S/c1-21-7-6-10-25(22(21)2)27-16-18-28(19-17-27)26(30)24-11-14-29(15-12-24)33(31,32)20-13-23-8-4-3-5-9-23/h3-10,13,20,24H,11-12,14-19H2,1-2H3/b20-13+. The molecular formula is C26H33N3O3S. The lowest BCUT2D eigenvalue weighted by Crippen LogP contribution is -2.52. The summed E-state index contributed by atoms with van der Waals surface area (Å²) in [6.07, 6.45) is 2.78. The van der Waals surface area contributed by atoms with E-state index in [9.17, 15) is 13.2 Å². The minimum atomic E-state index is -3.48. The highest BCUT2D eigenvalue weighted by molar-refractivity contribution is 7.92. The fraction of sp³-hybridized carbons (Fsp3) is 0.423. The molecule has 2 aromatic rings. The van der Waals surface area contributed by atoms with Crippen molar-refractivity contribution in [2.75, 3.05) is 44.2 Å². The number of rotatable bonds is 5. The minimum Gasteiger partial charge on any atom is -0.368 e. The lowest BCUT2D eigenvalue weighted by Gasteiger charge is -2.39. The molecule has 2 heterocycles. The van der Waals surface area contributed by atoms with E-state index in [2.05, 4.69) is 36.9 Å². The van der Waals surface area contributed by atoms with Gasteiger partial charge in [-0.1, -0.05) is 42.5 Å². The van der Waals surface area contributed by atoms with E-state index in [-0.39, 0.29) is 11.8 Å². The average Bonchev–Trinajstić information content (AvgIpc) is 2.85. The molecule has 0 saturated carbocycles. The second-order valence-corrected chi connectivity index (χ2v) is 10.8. The first-order valence-electron chi connectivity index (χ1n) is 11.7. The summed E-state index contributed by atoms with van der Waals surface area (Å²) in [5, 5.41) is 1.27. The van der Waals surface area contributed by atoms with Crippen LogP contribution in [0.4, 0.5) is 5.69 Å². The predicted octanol–water partition coefficient (Wildman–Crippen LogP) is 3.66. The highest BCUT2D eigenvalue weighted by Crippen LogP contribution is 2.26. The van der Waals surface area contributed by atoms with Gasteiger partial charge in [0.05, 0.1) is 0 Å². The van der Waals surface area contributed by atoms with Crippen molar-refractivity contribution < 1.29 is 13.2 Å². The molecule has 2 aliphatic rings. The van der Waals surface area contributed by atoms with Crippen molar-refractivity contribution in [3.63, 3.8) is 0 Å². The van der Waals surface area contributed by atoms with Crippen LogP contribution in [0.5, 0.6) is 0 Å². The van der Waals surface area contributed by atoms with Crippen LogP contribution in [0.25, 0.3) is 6.08 Å². The third-order valence-corrected chi connectivity index (χ3v) is 8.47. The van der Waals surface area contributed by atoms with Crippen molar-refractivity contribution in [1.29, 1.82) is 0 Å². The first kappa shape index (κ1) is 23.5. The number of piperidine rings is 1. The van der Waals surface area contributed by atoms with Gasteiger partial charge in [0.2, 0.25) is 15.9 Å². The van der Waals surface area contributed by atoms with Crippen LogP contribution in [0.1, 0.15) is 29.5 Å². The van der Waals surface area contributed by atoms with E-state index in [1.807, 2.05) is 35.2 Å². The summed E-state index contributed by atoms with van der Waals surface area (Å²) in [6.45, 7) is 8.14. The molecule has 0 bridgehead atoms. The summed E-state index contributed by atoms with van der Waals surface area (Å²) in [4.78, 5) is 17.4. The van der Waals surface area contributed by atoms with Crippen LogP contribution in [-0.2, 0) is 14.8 Å². The molecule has 0 atom stereocenters. The molecule has 2 saturated heterocycles. The van der Waals surface area contributed by atoms with Crippen molar-refractivity contribution in [1.82, 2.24) is 9.21 Å². The zero-order valence-corrected chi connectivity index (χ0v) is 20.3. The molecule has 33 heavy (non-hydrogen) atoms. The Bertz CT molecular complexity index is 1100. The molecule has 0 unspecified atom stereocenters. The molecule has 1 amide bonds. The monoisotopic (exact) mass is 467 g/mol. The summed E-state index contributed by atoms with van der Waals surface area (Å²) in [6, 6.07) is 15.8. The van der Waals surface area contributed by atoms with Crippen LogP contribution in [-0.4, -0.2) is 62.8 Å². The number of sulfonamides is 1. The van der Waals surface area contributed by atoms with Gasteiger partial charge in [-0.2, -0.15) is 4.31 Å². The van der Waals surface area contributed by atoms with E-state index in [0.29, 0.717) is 39.0 Å². The molecule has 2 aliphatic heterocycles. The van der Waals surface area contributed by atoms with Crippen LogP contribution in [0, 0.1) is 19.8 Å². The molecule has 176 valence electrons. The van der Waals surface area contributed by atoms with E-state index in [1.165, 1.54) is 26.5 Å². The van der Waals surface area contributed by atoms with Crippen LogP contribution >= 0.6 is 0 Å². The number of nitrogens with zero attached hydrogens (tertiary/aromatic N) is 3. The molecule has 0 aliphatic carbocycles. The van der Waals surface area contributed by atoms with Crippen LogP contribution < -0.4 is 4.90 Å². The van der Waals surface area contributed by atoms with E-state index in [0.717, 1.165) is 18.7 Å². The second kappa shape index (κ2) is 10.1. The van der Waals surface area contributed by atoms with Gasteiger partial charge in [-0.3, -0.25) is 4.79 Å². The number of piperazine rings is 1. The highest BCUT2D eigenvalue weighted by atomic mass is 32.2. The first-order chi connectivity index (χ1) is 15.8. The van der Waals surface area contributed by atoms with Gasteiger partial charge < -0.3 is 9.80 Å². The predicted molar refractivity (Wildman–Crippen MR) is 133 cm³/mol. The quantitative estimate of drug-likeness (QED) is 0.673. The molecular weight excluding hydrogens is 434 g/mol. The maximum atomic E-state index is 13.1. The Labute approximate surface area is 197 Å². The summed E-state index contributed by atoms with van der Waals surface area (Å²) in [7, 11) is -3.48. The number of carbonyl (C=O) groups excluding carboxylic acids is 1. The van der Waals surface area contributed by atoms with Crippen molar-refractivity contribution in [2.24, 2.45) is 5.92 Å². The SMILES string of the molecule is Cc1cccc(N2CCN(C(=O)C3CCN(S(=O)(=O)/C=C/c4ccccc4)CC3)CC2)c1C. The second-order valence-electron chi connectivity index (χ2n) is 8.96. The Morgan fingerprint density at radius 1 is 0.879 bits per heavy atom. The van der Waals surface area contributed by atoms with Gasteiger partial charge in [-0.05, 0) is 55.5 Å². The Morgan fingerprint density at radius 2 is 1.55 bits per heavy atom. The number of anilines is 1. The van der Waals surface area contributed by atoms with Crippen molar-refractivity contribution in [2.45, 2.75) is 26.7 Å². The van der Waals surface area contributed by atoms with Gasteiger partial charge in [-0.25, -0.2) is 8.42 Å². The van der Waals surface area contributed by atoms with Gasteiger partial charge in [0.1, 0.15) is 0 Å². The lowest BCUT2D eigenvalue weighted by molar-refractivity contribution is -0.137. The fourth-order valence-electron chi connectivity index (χ4n) is 4.68. The third kappa shape index (κ3) is 5.47. The van der Waals surface area contributed by atoms with E-state index in [1.54, 1.807) is 6.08 Å². The van der Waals surface area contributed by atoms with Crippen molar-refractivity contribution in [3.8, 4) is 0 Å². The highest BCUT2D eigenvalue weighted by Gasteiger charge is 2.33. The molecule has 0 N–H and O–H groups in total. The van der Waals surface area contributed by atoms with Crippen molar-refractivity contribution >= 4 is 27.7 Å². The van der Waals surface area contributed by atoms with Gasteiger partial charge in [0, 0.05) is 56.3 Å². The Kier molecular flexibility index (Phi) is 7.20. The topological polar surface area (TPSA) is 60.9 Å². The molecule has 6 nitrogen and oxygen atoms in total. The van der Waals surface area contributed by atoms with Gasteiger partial charge in [-0.15, -0.1) is 0 Å².